The normalized spacial score (nSPS) is 7.88. The van der Waals surface area contributed by atoms with E-state index in [0.29, 0.717) is 0 Å². The summed E-state index contributed by atoms with van der Waals surface area (Å²) in [7, 11) is 1.00. The fourth-order valence-corrected chi connectivity index (χ4v) is 0. The van der Waals surface area contributed by atoms with Crippen molar-refractivity contribution < 1.29 is 85.2 Å². The Kier molecular flexibility index (Phi) is 17.2. The topological polar surface area (TPSA) is 94.5 Å². The summed E-state index contributed by atoms with van der Waals surface area (Å²) in [5.74, 6) is 0. The van der Waals surface area contributed by atoms with Crippen LogP contribution < -0.4 is 55.6 Å². The second-order valence-corrected chi connectivity index (χ2v) is 1.56. The van der Waals surface area contributed by atoms with Crippen molar-refractivity contribution in [2.24, 2.45) is 0 Å². The summed E-state index contributed by atoms with van der Waals surface area (Å²) >= 11 is -5.62. The van der Waals surface area contributed by atoms with Gasteiger partial charge < -0.3 is 5.11 Å². The van der Waals surface area contributed by atoms with Crippen molar-refractivity contribution in [3.63, 3.8) is 0 Å². The summed E-state index contributed by atoms with van der Waals surface area (Å²) in [6.07, 6.45) is 0. The van der Waals surface area contributed by atoms with Gasteiger partial charge in [0.25, 0.3) is 0 Å². The van der Waals surface area contributed by atoms with E-state index in [1.54, 1.807) is 0 Å². The van der Waals surface area contributed by atoms with Gasteiger partial charge in [-0.25, -0.2) is 0 Å². The van der Waals surface area contributed by atoms with Crippen LogP contribution in [0.15, 0.2) is 0 Å². The molecule has 5 nitrogen and oxygen atoms in total. The second-order valence-electron chi connectivity index (χ2n) is 0.378. The Morgan fingerprint density at radius 3 is 1.25 bits per heavy atom. The SMILES string of the molecule is CO.[K+].[O]=[Mn](=[O])(=[O])[O-]. The number of aliphatic hydroxyl groups is 1. The van der Waals surface area contributed by atoms with Crippen molar-refractivity contribution in [3.05, 3.63) is 0 Å². The molecule has 0 aromatic rings. The molecule has 0 spiro atoms. The van der Waals surface area contributed by atoms with Crippen LogP contribution in [0, 0.1) is 0 Å². The Morgan fingerprint density at radius 2 is 1.25 bits per heavy atom. The van der Waals surface area contributed by atoms with Gasteiger partial charge in [-0.05, 0) is 0 Å². The van der Waals surface area contributed by atoms with Gasteiger partial charge in [0.05, 0.1) is 0 Å². The van der Waals surface area contributed by atoms with Crippen LogP contribution >= 0.6 is 0 Å². The molecule has 0 aromatic heterocycles. The minimum absolute atomic E-state index is 0. The summed E-state index contributed by atoms with van der Waals surface area (Å²) in [4.78, 5) is 0. The van der Waals surface area contributed by atoms with E-state index in [0.717, 1.165) is 7.11 Å². The summed E-state index contributed by atoms with van der Waals surface area (Å²) in [5, 5.41) is 7.00. The van der Waals surface area contributed by atoms with Crippen LogP contribution in [0.4, 0.5) is 0 Å². The Bertz CT molecular complexity index is 134. The zero-order valence-electron chi connectivity index (χ0n) is 4.46. The number of hydrogen-bond donors (Lipinski definition) is 1. The van der Waals surface area contributed by atoms with Crippen LogP contribution in [0.5, 0.6) is 0 Å². The number of aliphatic hydroxyl groups excluding tert-OH is 1. The van der Waals surface area contributed by atoms with Gasteiger partial charge in [0, 0.05) is 7.11 Å². The molecule has 0 saturated heterocycles. The van der Waals surface area contributed by atoms with Crippen LogP contribution in [0.3, 0.4) is 0 Å². The standard InChI is InChI=1S/CH4O.K.Mn.4O/c1-2;;;;;;/h2H,1H3;;;;;;/q;+1;;;;;-1. The number of rotatable bonds is 0. The van der Waals surface area contributed by atoms with Crippen LogP contribution in [0.2, 0.25) is 0 Å². The minimum atomic E-state index is -5.62. The van der Waals surface area contributed by atoms with Crippen molar-refractivity contribution in [2.45, 2.75) is 0 Å². The van der Waals surface area contributed by atoms with Gasteiger partial charge in [0.1, 0.15) is 0 Å². The van der Waals surface area contributed by atoms with Gasteiger partial charge >= 0.3 is 80.0 Å². The van der Waals surface area contributed by atoms with E-state index >= 15 is 0 Å². The molecule has 0 saturated carbocycles. The first kappa shape index (κ1) is 16.2. The molecule has 0 fully saturated rings. The molecule has 7 heteroatoms. The average Bonchev–Trinajstić information content (AvgIpc) is 1.36. The maximum atomic E-state index is 8.58. The van der Waals surface area contributed by atoms with Crippen LogP contribution in [0.25, 0.3) is 0 Å². The molecule has 0 heterocycles. The van der Waals surface area contributed by atoms with E-state index in [2.05, 4.69) is 0 Å². The molecule has 0 unspecified atom stereocenters. The quantitative estimate of drug-likeness (QED) is 0.386. The second kappa shape index (κ2) is 8.48. The van der Waals surface area contributed by atoms with Crippen molar-refractivity contribution in [2.75, 3.05) is 7.11 Å². The molecule has 8 heavy (non-hydrogen) atoms. The first-order valence-electron chi connectivity index (χ1n) is 1.06. The third-order valence-corrected chi connectivity index (χ3v) is 0. The Morgan fingerprint density at radius 1 is 1.25 bits per heavy atom. The van der Waals surface area contributed by atoms with Gasteiger partial charge in [-0.15, -0.1) is 0 Å². The first-order chi connectivity index (χ1) is 3.00. The van der Waals surface area contributed by atoms with Gasteiger partial charge in [0.2, 0.25) is 0 Å². The Hall–Kier alpha value is 1.48. The first-order valence-corrected chi connectivity index (χ1v) is 2.99. The van der Waals surface area contributed by atoms with E-state index in [9.17, 15) is 0 Å². The zero-order valence-corrected chi connectivity index (χ0v) is 8.76. The monoisotopic (exact) mass is 190 g/mol. The summed E-state index contributed by atoms with van der Waals surface area (Å²) < 4.78 is 34.3. The molecule has 0 bridgehead atoms. The van der Waals surface area contributed by atoms with Gasteiger partial charge in [0.15, 0.2) is 0 Å². The molecule has 0 amide bonds. The van der Waals surface area contributed by atoms with Gasteiger partial charge in [-0.2, -0.15) is 0 Å². The predicted octanol–water partition coefficient (Wildman–Crippen LogP) is -4.94. The van der Waals surface area contributed by atoms with E-state index in [-0.39, 0.29) is 51.4 Å². The zero-order chi connectivity index (χ0) is 6.50. The van der Waals surface area contributed by atoms with Crippen molar-refractivity contribution in [1.82, 2.24) is 0 Å². The maximum absolute atomic E-state index is 8.58. The molecule has 0 aromatic carbocycles. The molecule has 0 aliphatic rings. The van der Waals surface area contributed by atoms with Crippen LogP contribution in [0.1, 0.15) is 0 Å². The van der Waals surface area contributed by atoms with E-state index in [1.165, 1.54) is 0 Å². The van der Waals surface area contributed by atoms with Crippen molar-refractivity contribution in [3.8, 4) is 0 Å². The molecule has 0 rings (SSSR count). The summed E-state index contributed by atoms with van der Waals surface area (Å²) in [6, 6.07) is 0. The fraction of sp³-hybridized carbons (Fsp3) is 1.00. The van der Waals surface area contributed by atoms with Gasteiger partial charge in [-0.3, -0.25) is 0 Å². The Labute approximate surface area is 90.7 Å². The number of hydrogen-bond acceptors (Lipinski definition) is 5. The Balaban J connectivity index is -0.0000000750. The van der Waals surface area contributed by atoms with Crippen LogP contribution in [-0.4, -0.2) is 12.2 Å². The summed E-state index contributed by atoms with van der Waals surface area (Å²) in [6.45, 7) is 0. The fourth-order valence-electron chi connectivity index (χ4n) is 0. The molecular weight excluding hydrogens is 186 g/mol. The van der Waals surface area contributed by atoms with Gasteiger partial charge in [-0.1, -0.05) is 0 Å². The van der Waals surface area contributed by atoms with Crippen molar-refractivity contribution in [1.29, 1.82) is 0 Å². The average molecular weight is 190 g/mol. The third-order valence-electron chi connectivity index (χ3n) is 0. The molecule has 0 aliphatic carbocycles. The van der Waals surface area contributed by atoms with Crippen molar-refractivity contribution >= 4 is 0 Å². The molecule has 0 radical (unpaired) electrons. The molecule has 1 N–H and O–H groups in total. The molecule has 0 atom stereocenters. The van der Waals surface area contributed by atoms with E-state index in [4.69, 9.17) is 20.8 Å². The summed E-state index contributed by atoms with van der Waals surface area (Å²) in [5.41, 5.74) is 0. The van der Waals surface area contributed by atoms with E-state index in [1.807, 2.05) is 0 Å². The predicted molar refractivity (Wildman–Crippen MR) is 10.2 cm³/mol. The molecule has 0 aliphatic heterocycles. The third kappa shape index (κ3) is 144. The van der Waals surface area contributed by atoms with E-state index < -0.39 is 13.0 Å². The molecule has 46 valence electrons. The van der Waals surface area contributed by atoms with Crippen LogP contribution in [-0.2, 0) is 24.5 Å². The molecular formula is CH4KMnO5.